The summed E-state index contributed by atoms with van der Waals surface area (Å²) < 4.78 is 4.92. The highest BCUT2D eigenvalue weighted by Crippen LogP contribution is 2.33. The second-order valence-electron chi connectivity index (χ2n) is 5.50. The maximum atomic E-state index is 11.8. The zero-order chi connectivity index (χ0) is 15.1. The third-order valence-corrected chi connectivity index (χ3v) is 4.79. The maximum absolute atomic E-state index is 11.8. The first-order valence-corrected chi connectivity index (χ1v) is 8.52. The lowest BCUT2D eigenvalue weighted by Gasteiger charge is -2.19. The molecule has 0 aliphatic heterocycles. The number of fused-ring (bicyclic) bond motifs is 1. The van der Waals surface area contributed by atoms with Gasteiger partial charge in [-0.15, -0.1) is 11.3 Å². The van der Waals surface area contributed by atoms with Crippen LogP contribution in [0.1, 0.15) is 36.8 Å². The highest BCUT2D eigenvalue weighted by Gasteiger charge is 2.22. The van der Waals surface area contributed by atoms with E-state index in [1.165, 1.54) is 29.8 Å². The molecule has 1 aliphatic rings. The summed E-state index contributed by atoms with van der Waals surface area (Å²) in [4.78, 5) is 17.7. The number of carbonyl (C=O) groups is 1. The van der Waals surface area contributed by atoms with Crippen LogP contribution < -0.4 is 10.6 Å². The van der Waals surface area contributed by atoms with Crippen LogP contribution in [-0.2, 0) is 22.4 Å². The predicted molar refractivity (Wildman–Crippen MR) is 85.9 cm³/mol. The van der Waals surface area contributed by atoms with Gasteiger partial charge in [0.25, 0.3) is 0 Å². The van der Waals surface area contributed by atoms with Crippen molar-refractivity contribution in [1.82, 2.24) is 10.3 Å². The van der Waals surface area contributed by atoms with E-state index in [-0.39, 0.29) is 5.91 Å². The van der Waals surface area contributed by atoms with E-state index in [9.17, 15) is 4.79 Å². The van der Waals surface area contributed by atoms with Gasteiger partial charge in [0, 0.05) is 18.5 Å². The van der Waals surface area contributed by atoms with Crippen molar-refractivity contribution in [2.75, 3.05) is 32.1 Å². The molecule has 0 aromatic carbocycles. The van der Waals surface area contributed by atoms with Crippen molar-refractivity contribution in [2.24, 2.45) is 5.92 Å². The second kappa shape index (κ2) is 8.46. The van der Waals surface area contributed by atoms with Gasteiger partial charge >= 0.3 is 0 Å². The Bertz CT molecular complexity index is 462. The zero-order valence-corrected chi connectivity index (χ0v) is 13.7. The third-order valence-electron chi connectivity index (χ3n) is 3.75. The van der Waals surface area contributed by atoms with E-state index in [1.54, 1.807) is 18.4 Å². The monoisotopic (exact) mass is 311 g/mol. The fraction of sp³-hybridized carbons (Fsp3) is 0.733. The summed E-state index contributed by atoms with van der Waals surface area (Å²) in [6.45, 7) is 3.82. The first-order chi connectivity index (χ1) is 10.2. The Morgan fingerprint density at radius 3 is 3.14 bits per heavy atom. The molecule has 0 radical (unpaired) electrons. The van der Waals surface area contributed by atoms with Crippen molar-refractivity contribution in [3.63, 3.8) is 0 Å². The van der Waals surface area contributed by atoms with Gasteiger partial charge in [-0.1, -0.05) is 19.8 Å². The van der Waals surface area contributed by atoms with E-state index < -0.39 is 0 Å². The quantitative estimate of drug-likeness (QED) is 0.723. The van der Waals surface area contributed by atoms with Crippen molar-refractivity contribution in [3.05, 3.63) is 10.6 Å². The van der Waals surface area contributed by atoms with Crippen LogP contribution in [0.2, 0.25) is 0 Å². The number of amides is 1. The lowest BCUT2D eigenvalue weighted by atomic mass is 9.88. The van der Waals surface area contributed by atoms with Crippen molar-refractivity contribution < 1.29 is 9.53 Å². The number of hydrogen-bond donors (Lipinski definition) is 2. The minimum Gasteiger partial charge on any atom is -0.383 e. The van der Waals surface area contributed by atoms with E-state index in [1.807, 2.05) is 0 Å². The molecule has 5 nitrogen and oxygen atoms in total. The number of nitrogens with one attached hydrogen (secondary N) is 2. The van der Waals surface area contributed by atoms with Crippen LogP contribution in [0.5, 0.6) is 0 Å². The highest BCUT2D eigenvalue weighted by atomic mass is 32.1. The number of hydrogen-bond acceptors (Lipinski definition) is 5. The van der Waals surface area contributed by atoms with Gasteiger partial charge in [0.1, 0.15) is 0 Å². The molecule has 0 saturated heterocycles. The largest absolute Gasteiger partial charge is 0.383 e. The highest BCUT2D eigenvalue weighted by molar-refractivity contribution is 7.15. The summed E-state index contributed by atoms with van der Waals surface area (Å²) >= 11 is 1.64. The summed E-state index contributed by atoms with van der Waals surface area (Å²) in [5.41, 5.74) is 1.19. The number of nitrogens with zero attached hydrogens (tertiary/aromatic N) is 1. The third kappa shape index (κ3) is 5.05. The first kappa shape index (κ1) is 16.4. The van der Waals surface area contributed by atoms with Crippen LogP contribution in [0, 0.1) is 5.92 Å². The summed E-state index contributed by atoms with van der Waals surface area (Å²) in [7, 11) is 1.65. The lowest BCUT2D eigenvalue weighted by Crippen LogP contribution is -2.30. The van der Waals surface area contributed by atoms with Crippen LogP contribution in [0.15, 0.2) is 0 Å². The molecule has 1 unspecified atom stereocenters. The first-order valence-electron chi connectivity index (χ1n) is 7.71. The number of carbonyl (C=O) groups excluding carboxylic acids is 1. The molecule has 1 amide bonds. The Labute approximate surface area is 130 Å². The van der Waals surface area contributed by atoms with E-state index in [4.69, 9.17) is 4.74 Å². The summed E-state index contributed by atoms with van der Waals surface area (Å²) in [6.07, 6.45) is 5.95. The van der Waals surface area contributed by atoms with Gasteiger partial charge in [-0.2, -0.15) is 0 Å². The van der Waals surface area contributed by atoms with Gasteiger partial charge in [0.2, 0.25) is 5.91 Å². The Kier molecular flexibility index (Phi) is 6.60. The van der Waals surface area contributed by atoms with Crippen LogP contribution in [0.3, 0.4) is 0 Å². The van der Waals surface area contributed by atoms with Gasteiger partial charge in [0.05, 0.1) is 18.8 Å². The Hall–Kier alpha value is -0.980. The van der Waals surface area contributed by atoms with Gasteiger partial charge < -0.3 is 15.4 Å². The average Bonchev–Trinajstić information content (AvgIpc) is 2.85. The van der Waals surface area contributed by atoms with E-state index in [0.717, 1.165) is 23.9 Å². The standard InChI is InChI=1S/C15H25N3O2S/c1-3-4-11-5-6-12-13(9-11)21-15(17-12)18-14(19)10-16-7-8-20-2/h11,16H,3-10H2,1-2H3,(H,17,18,19). The molecule has 0 bridgehead atoms. The topological polar surface area (TPSA) is 63.2 Å². The van der Waals surface area contributed by atoms with Crippen LogP contribution in [0.25, 0.3) is 0 Å². The molecule has 0 spiro atoms. The fourth-order valence-corrected chi connectivity index (χ4v) is 3.83. The SMILES string of the molecule is CCCC1CCc2nc(NC(=O)CNCCOC)sc2C1. The number of thiazole rings is 1. The van der Waals surface area contributed by atoms with Crippen molar-refractivity contribution >= 4 is 22.4 Å². The van der Waals surface area contributed by atoms with Crippen molar-refractivity contribution in [2.45, 2.75) is 39.0 Å². The number of aryl methyl sites for hydroxylation is 1. The zero-order valence-electron chi connectivity index (χ0n) is 12.9. The number of ether oxygens (including phenoxy) is 1. The Morgan fingerprint density at radius 1 is 1.52 bits per heavy atom. The summed E-state index contributed by atoms with van der Waals surface area (Å²) in [5, 5.41) is 6.67. The van der Waals surface area contributed by atoms with E-state index >= 15 is 0 Å². The molecule has 21 heavy (non-hydrogen) atoms. The molecule has 0 fully saturated rings. The van der Waals surface area contributed by atoms with Crippen LogP contribution in [0.4, 0.5) is 5.13 Å². The van der Waals surface area contributed by atoms with E-state index in [2.05, 4.69) is 22.5 Å². The molecule has 1 atom stereocenters. The Balaban J connectivity index is 1.81. The van der Waals surface area contributed by atoms with Gasteiger partial charge in [-0.3, -0.25) is 4.79 Å². The fourth-order valence-electron chi connectivity index (χ4n) is 2.69. The molecule has 1 aliphatic carbocycles. The van der Waals surface area contributed by atoms with E-state index in [0.29, 0.717) is 19.7 Å². The number of methoxy groups -OCH3 is 1. The van der Waals surface area contributed by atoms with Crippen molar-refractivity contribution in [1.29, 1.82) is 0 Å². The maximum Gasteiger partial charge on any atom is 0.240 e. The number of rotatable bonds is 8. The second-order valence-corrected chi connectivity index (χ2v) is 6.59. The minimum atomic E-state index is -0.0395. The molecule has 118 valence electrons. The number of anilines is 1. The molecule has 2 N–H and O–H groups in total. The average molecular weight is 311 g/mol. The summed E-state index contributed by atoms with van der Waals surface area (Å²) in [5.74, 6) is 0.754. The number of aromatic nitrogens is 1. The summed E-state index contributed by atoms with van der Waals surface area (Å²) in [6, 6.07) is 0. The molecule has 1 aromatic heterocycles. The molecule has 6 heteroatoms. The minimum absolute atomic E-state index is 0.0395. The van der Waals surface area contributed by atoms with Gasteiger partial charge in [-0.05, 0) is 25.2 Å². The van der Waals surface area contributed by atoms with Gasteiger partial charge in [-0.25, -0.2) is 4.98 Å². The van der Waals surface area contributed by atoms with Crippen LogP contribution >= 0.6 is 11.3 Å². The predicted octanol–water partition coefficient (Wildman–Crippen LogP) is 2.22. The lowest BCUT2D eigenvalue weighted by molar-refractivity contribution is -0.115. The molecule has 0 saturated carbocycles. The molecule has 1 aromatic rings. The Morgan fingerprint density at radius 2 is 2.38 bits per heavy atom. The molecular formula is C15H25N3O2S. The molecule has 1 heterocycles. The van der Waals surface area contributed by atoms with Crippen molar-refractivity contribution in [3.8, 4) is 0 Å². The molecular weight excluding hydrogens is 286 g/mol. The smallest absolute Gasteiger partial charge is 0.240 e. The van der Waals surface area contributed by atoms with Crippen LogP contribution in [-0.4, -0.2) is 37.7 Å². The normalized spacial score (nSPS) is 17.5. The van der Waals surface area contributed by atoms with Gasteiger partial charge in [0.15, 0.2) is 5.13 Å². The molecule has 2 rings (SSSR count).